The van der Waals surface area contributed by atoms with Crippen LogP contribution in [0.5, 0.6) is 0 Å². The molecular weight excluding hydrogens is 367 g/mol. The average molecular weight is 380 g/mol. The van der Waals surface area contributed by atoms with Gasteiger partial charge in [0.1, 0.15) is 5.82 Å². The lowest BCUT2D eigenvalue weighted by Crippen LogP contribution is -2.19. The van der Waals surface area contributed by atoms with Crippen molar-refractivity contribution in [3.8, 4) is 0 Å². The second-order valence-electron chi connectivity index (χ2n) is 5.13. The minimum Gasteiger partial charge on any atom is -0.308 e. The van der Waals surface area contributed by atoms with Gasteiger partial charge in [0.05, 0.1) is 22.2 Å². The number of hydrogen-bond donors (Lipinski definition) is 3. The van der Waals surface area contributed by atoms with Crippen LogP contribution in [-0.4, -0.2) is 25.7 Å². The quantitative estimate of drug-likeness (QED) is 0.645. The van der Waals surface area contributed by atoms with E-state index in [0.29, 0.717) is 15.9 Å². The van der Waals surface area contributed by atoms with Crippen LogP contribution in [0.1, 0.15) is 0 Å². The van der Waals surface area contributed by atoms with Gasteiger partial charge in [0.2, 0.25) is 10.0 Å². The first-order valence-electron chi connectivity index (χ1n) is 7.01. The lowest BCUT2D eigenvalue weighted by molar-refractivity contribution is 0.262. The summed E-state index contributed by atoms with van der Waals surface area (Å²) in [6, 6.07) is 10.2. The first-order valence-corrected chi connectivity index (χ1v) is 9.72. The van der Waals surface area contributed by atoms with E-state index in [1.165, 1.54) is 18.2 Å². The number of para-hydroxylation sites is 1. The fourth-order valence-corrected chi connectivity index (χ4v) is 3.79. The van der Waals surface area contributed by atoms with Crippen molar-refractivity contribution in [2.45, 2.75) is 0 Å². The van der Waals surface area contributed by atoms with Crippen molar-refractivity contribution in [3.63, 3.8) is 0 Å². The van der Waals surface area contributed by atoms with Crippen molar-refractivity contribution in [3.05, 3.63) is 48.3 Å². The van der Waals surface area contributed by atoms with Crippen LogP contribution in [0.25, 0.3) is 10.2 Å². The van der Waals surface area contributed by atoms with Gasteiger partial charge in [-0.05, 0) is 30.3 Å². The highest BCUT2D eigenvalue weighted by Crippen LogP contribution is 2.29. The van der Waals surface area contributed by atoms with Gasteiger partial charge in [-0.2, -0.15) is 0 Å². The highest BCUT2D eigenvalue weighted by Gasteiger charge is 2.10. The molecule has 0 radical (unpaired) electrons. The maximum Gasteiger partial charge on any atom is 0.323 e. The molecule has 25 heavy (non-hydrogen) atoms. The Labute approximate surface area is 146 Å². The number of thiazole rings is 1. The van der Waals surface area contributed by atoms with Crippen LogP contribution in [-0.2, 0) is 10.0 Å². The molecule has 0 aliphatic heterocycles. The SMILES string of the molecule is CS(=O)(=O)Nc1nc2ccc(NC(=O)Nc3ccccc3F)cc2s1. The lowest BCUT2D eigenvalue weighted by atomic mass is 10.3. The number of hydrogen-bond acceptors (Lipinski definition) is 5. The molecule has 7 nitrogen and oxygen atoms in total. The zero-order valence-electron chi connectivity index (χ0n) is 12.9. The van der Waals surface area contributed by atoms with Crippen LogP contribution in [0.4, 0.5) is 25.7 Å². The van der Waals surface area contributed by atoms with Gasteiger partial charge in [-0.1, -0.05) is 23.5 Å². The summed E-state index contributed by atoms with van der Waals surface area (Å²) in [5, 5.41) is 5.25. The fraction of sp³-hybridized carbons (Fsp3) is 0.0667. The summed E-state index contributed by atoms with van der Waals surface area (Å²) in [6.07, 6.45) is 1.04. The van der Waals surface area contributed by atoms with Crippen LogP contribution in [0.15, 0.2) is 42.5 Å². The second-order valence-corrected chi connectivity index (χ2v) is 7.91. The number of rotatable bonds is 4. The maximum absolute atomic E-state index is 13.5. The molecule has 0 unspecified atom stereocenters. The molecule has 0 saturated carbocycles. The highest BCUT2D eigenvalue weighted by molar-refractivity contribution is 7.92. The number of aromatic nitrogens is 1. The predicted molar refractivity (Wildman–Crippen MR) is 97.1 cm³/mol. The van der Waals surface area contributed by atoms with Crippen molar-refractivity contribution in [2.75, 3.05) is 21.6 Å². The summed E-state index contributed by atoms with van der Waals surface area (Å²) in [7, 11) is -3.41. The summed E-state index contributed by atoms with van der Waals surface area (Å²) in [5.41, 5.74) is 1.13. The standard InChI is InChI=1S/C15H13FN4O3S2/c1-25(22,23)20-15-19-12-7-6-9(8-13(12)24-15)17-14(21)18-11-5-3-2-4-10(11)16/h2-8H,1H3,(H,19,20)(H2,17,18,21). The number of halogens is 1. The van der Waals surface area contributed by atoms with Gasteiger partial charge in [0, 0.05) is 5.69 Å². The van der Waals surface area contributed by atoms with Crippen LogP contribution >= 0.6 is 11.3 Å². The number of sulfonamides is 1. The smallest absolute Gasteiger partial charge is 0.308 e. The number of nitrogens with one attached hydrogen (secondary N) is 3. The van der Waals surface area contributed by atoms with Gasteiger partial charge in [-0.3, -0.25) is 4.72 Å². The molecule has 0 aliphatic carbocycles. The number of anilines is 3. The molecular formula is C15H13FN4O3S2. The molecule has 0 fully saturated rings. The molecule has 1 aromatic heterocycles. The molecule has 0 aliphatic rings. The van der Waals surface area contributed by atoms with Gasteiger partial charge in [0.25, 0.3) is 0 Å². The third kappa shape index (κ3) is 4.43. The zero-order chi connectivity index (χ0) is 18.0. The first-order chi connectivity index (χ1) is 11.8. The highest BCUT2D eigenvalue weighted by atomic mass is 32.2. The van der Waals surface area contributed by atoms with Crippen molar-refractivity contribution in [1.82, 2.24) is 4.98 Å². The average Bonchev–Trinajstić information content (AvgIpc) is 2.88. The molecule has 0 spiro atoms. The van der Waals surface area contributed by atoms with Crippen LogP contribution in [0.3, 0.4) is 0 Å². The summed E-state index contributed by atoms with van der Waals surface area (Å²) in [5.74, 6) is -0.535. The van der Waals surface area contributed by atoms with Crippen LogP contribution in [0.2, 0.25) is 0 Å². The van der Waals surface area contributed by atoms with E-state index in [2.05, 4.69) is 20.3 Å². The summed E-state index contributed by atoms with van der Waals surface area (Å²) in [4.78, 5) is 16.1. The monoisotopic (exact) mass is 380 g/mol. The zero-order valence-corrected chi connectivity index (χ0v) is 14.5. The number of urea groups is 1. The molecule has 130 valence electrons. The minimum absolute atomic E-state index is 0.0681. The second kappa shape index (κ2) is 6.65. The van der Waals surface area contributed by atoms with E-state index in [9.17, 15) is 17.6 Å². The molecule has 2 amide bonds. The molecule has 3 rings (SSSR count). The summed E-state index contributed by atoms with van der Waals surface area (Å²) >= 11 is 1.14. The number of amides is 2. The molecule has 3 N–H and O–H groups in total. The number of carbonyl (C=O) groups is 1. The molecule has 2 aromatic carbocycles. The van der Waals surface area contributed by atoms with E-state index in [4.69, 9.17) is 0 Å². The molecule has 0 bridgehead atoms. The van der Waals surface area contributed by atoms with Gasteiger partial charge in [-0.25, -0.2) is 22.6 Å². The third-order valence-corrected chi connectivity index (χ3v) is 4.67. The van der Waals surface area contributed by atoms with E-state index < -0.39 is 21.9 Å². The normalized spacial score (nSPS) is 11.3. The Balaban J connectivity index is 1.75. The van der Waals surface area contributed by atoms with E-state index in [0.717, 1.165) is 17.6 Å². The van der Waals surface area contributed by atoms with Gasteiger partial charge >= 0.3 is 6.03 Å². The third-order valence-electron chi connectivity index (χ3n) is 3.04. The van der Waals surface area contributed by atoms with Crippen molar-refractivity contribution < 1.29 is 17.6 Å². The fourth-order valence-electron chi connectivity index (χ4n) is 2.05. The number of benzene rings is 2. The summed E-state index contributed by atoms with van der Waals surface area (Å²) in [6.45, 7) is 0. The minimum atomic E-state index is -3.41. The van der Waals surface area contributed by atoms with Crippen molar-refractivity contribution in [2.24, 2.45) is 0 Å². The van der Waals surface area contributed by atoms with Crippen molar-refractivity contribution in [1.29, 1.82) is 0 Å². The lowest BCUT2D eigenvalue weighted by Gasteiger charge is -2.08. The van der Waals surface area contributed by atoms with E-state index >= 15 is 0 Å². The Kier molecular flexibility index (Phi) is 4.55. The van der Waals surface area contributed by atoms with Gasteiger partial charge in [0.15, 0.2) is 5.13 Å². The maximum atomic E-state index is 13.5. The van der Waals surface area contributed by atoms with Crippen LogP contribution in [0, 0.1) is 5.82 Å². The van der Waals surface area contributed by atoms with E-state index in [1.54, 1.807) is 24.3 Å². The number of fused-ring (bicyclic) bond motifs is 1. The van der Waals surface area contributed by atoms with Gasteiger partial charge in [-0.15, -0.1) is 0 Å². The Bertz CT molecular complexity index is 1050. The van der Waals surface area contributed by atoms with E-state index in [-0.39, 0.29) is 10.8 Å². The Morgan fingerprint density at radius 1 is 1.16 bits per heavy atom. The largest absolute Gasteiger partial charge is 0.323 e. The van der Waals surface area contributed by atoms with Crippen molar-refractivity contribution >= 4 is 54.1 Å². The molecule has 0 atom stereocenters. The molecule has 3 aromatic rings. The van der Waals surface area contributed by atoms with Gasteiger partial charge < -0.3 is 10.6 Å². The van der Waals surface area contributed by atoms with E-state index in [1.807, 2.05) is 0 Å². The Morgan fingerprint density at radius 3 is 2.64 bits per heavy atom. The topological polar surface area (TPSA) is 100 Å². The molecule has 1 heterocycles. The number of carbonyl (C=O) groups excluding carboxylic acids is 1. The Morgan fingerprint density at radius 2 is 1.92 bits per heavy atom. The first kappa shape index (κ1) is 17.1. The number of nitrogens with zero attached hydrogens (tertiary/aromatic N) is 1. The Hall–Kier alpha value is -2.72. The molecule has 10 heteroatoms. The van der Waals surface area contributed by atoms with Crippen LogP contribution < -0.4 is 15.4 Å². The molecule has 0 saturated heterocycles. The predicted octanol–water partition coefficient (Wildman–Crippen LogP) is 3.45. The summed E-state index contributed by atoms with van der Waals surface area (Å²) < 4.78 is 39.0.